The summed E-state index contributed by atoms with van der Waals surface area (Å²) < 4.78 is 0.783. The second-order valence-corrected chi connectivity index (χ2v) is 8.72. The second-order valence-electron chi connectivity index (χ2n) is 6.52. The molecule has 0 spiro atoms. The van der Waals surface area contributed by atoms with Gasteiger partial charge in [0.05, 0.1) is 5.75 Å². The molecule has 0 saturated heterocycles. The van der Waals surface area contributed by atoms with Gasteiger partial charge in [-0.1, -0.05) is 59.5 Å². The van der Waals surface area contributed by atoms with Crippen molar-refractivity contribution in [3.05, 3.63) is 65.2 Å². The van der Waals surface area contributed by atoms with Gasteiger partial charge in [0.25, 0.3) is 0 Å². The molecule has 3 aromatic rings. The third-order valence-electron chi connectivity index (χ3n) is 4.30. The first-order valence-corrected chi connectivity index (χ1v) is 11.0. The van der Waals surface area contributed by atoms with Crippen LogP contribution >= 0.6 is 23.1 Å². The molecule has 0 radical (unpaired) electrons. The molecule has 0 saturated carbocycles. The molecule has 1 heterocycles. The molecular formula is C21H24N4OS2. The van der Waals surface area contributed by atoms with E-state index in [2.05, 4.69) is 58.9 Å². The molecule has 5 nitrogen and oxygen atoms in total. The molecule has 0 atom stereocenters. The smallest absolute Gasteiger partial charge is 0.230 e. The molecule has 0 unspecified atom stereocenters. The molecule has 28 heavy (non-hydrogen) atoms. The van der Waals surface area contributed by atoms with Gasteiger partial charge in [-0.05, 0) is 55.5 Å². The number of nitrogens with one attached hydrogen (secondary N) is 2. The standard InChI is InChI=1S/C21H24N4OS2/c1-15-10-11-18(13-16(15)2)23-20-24-25-21(28-20)27-14-19(26)22-12-6-9-17-7-4-3-5-8-17/h3-5,7-8,10-11,13H,6,9,12,14H2,1-2H3,(H,22,26)(H,23,24). The zero-order chi connectivity index (χ0) is 19.8. The highest BCUT2D eigenvalue weighted by Gasteiger charge is 2.08. The van der Waals surface area contributed by atoms with Crippen molar-refractivity contribution in [2.24, 2.45) is 0 Å². The fourth-order valence-electron chi connectivity index (χ4n) is 2.60. The minimum absolute atomic E-state index is 0.0249. The van der Waals surface area contributed by atoms with Crippen LogP contribution in [0.5, 0.6) is 0 Å². The van der Waals surface area contributed by atoms with E-state index in [4.69, 9.17) is 0 Å². The number of carbonyl (C=O) groups is 1. The van der Waals surface area contributed by atoms with Gasteiger partial charge in [-0.25, -0.2) is 0 Å². The van der Waals surface area contributed by atoms with Gasteiger partial charge in [0, 0.05) is 12.2 Å². The minimum Gasteiger partial charge on any atom is -0.355 e. The third kappa shape index (κ3) is 6.35. The maximum atomic E-state index is 12.0. The Morgan fingerprint density at radius 1 is 1.07 bits per heavy atom. The van der Waals surface area contributed by atoms with Crippen LogP contribution in [-0.4, -0.2) is 28.4 Å². The van der Waals surface area contributed by atoms with Gasteiger partial charge >= 0.3 is 0 Å². The fraction of sp³-hybridized carbons (Fsp3) is 0.286. The molecule has 0 fully saturated rings. The Bertz CT molecular complexity index is 912. The summed E-state index contributed by atoms with van der Waals surface area (Å²) >= 11 is 2.87. The average molecular weight is 413 g/mol. The number of anilines is 2. The number of benzene rings is 2. The number of nitrogens with zero attached hydrogens (tertiary/aromatic N) is 2. The Morgan fingerprint density at radius 3 is 2.68 bits per heavy atom. The highest BCUT2D eigenvalue weighted by Crippen LogP contribution is 2.28. The van der Waals surface area contributed by atoms with Gasteiger partial charge in [0.15, 0.2) is 4.34 Å². The number of hydrogen-bond acceptors (Lipinski definition) is 6. The zero-order valence-electron chi connectivity index (χ0n) is 16.1. The van der Waals surface area contributed by atoms with E-state index in [1.807, 2.05) is 24.3 Å². The highest BCUT2D eigenvalue weighted by atomic mass is 32.2. The molecule has 7 heteroatoms. The number of amides is 1. The number of thioether (sulfide) groups is 1. The molecular weight excluding hydrogens is 388 g/mol. The molecule has 0 aliphatic carbocycles. The van der Waals surface area contributed by atoms with Crippen LogP contribution in [0.4, 0.5) is 10.8 Å². The number of aromatic nitrogens is 2. The second kappa shape index (κ2) is 10.2. The van der Waals surface area contributed by atoms with Crippen LogP contribution in [0.2, 0.25) is 0 Å². The Hall–Kier alpha value is -2.38. The molecule has 2 aromatic carbocycles. The molecule has 2 N–H and O–H groups in total. The third-order valence-corrected chi connectivity index (χ3v) is 6.27. The van der Waals surface area contributed by atoms with E-state index >= 15 is 0 Å². The van der Waals surface area contributed by atoms with Gasteiger partial charge in [-0.15, -0.1) is 10.2 Å². The minimum atomic E-state index is 0.0249. The van der Waals surface area contributed by atoms with Crippen molar-refractivity contribution in [1.82, 2.24) is 15.5 Å². The van der Waals surface area contributed by atoms with Crippen LogP contribution in [0, 0.1) is 13.8 Å². The molecule has 0 bridgehead atoms. The van der Waals surface area contributed by atoms with Gasteiger partial charge < -0.3 is 10.6 Å². The van der Waals surface area contributed by atoms with E-state index in [-0.39, 0.29) is 5.91 Å². The topological polar surface area (TPSA) is 66.9 Å². The lowest BCUT2D eigenvalue weighted by Gasteiger charge is -2.05. The highest BCUT2D eigenvalue weighted by molar-refractivity contribution is 8.01. The molecule has 146 valence electrons. The fourth-order valence-corrected chi connectivity index (χ4v) is 4.21. The van der Waals surface area contributed by atoms with Gasteiger partial charge in [-0.3, -0.25) is 4.79 Å². The lowest BCUT2D eigenvalue weighted by atomic mass is 10.1. The summed E-state index contributed by atoms with van der Waals surface area (Å²) in [4.78, 5) is 12.0. The molecule has 1 amide bonds. The van der Waals surface area contributed by atoms with E-state index in [9.17, 15) is 4.79 Å². The van der Waals surface area contributed by atoms with Crippen molar-refractivity contribution >= 4 is 39.8 Å². The Morgan fingerprint density at radius 2 is 1.89 bits per heavy atom. The maximum Gasteiger partial charge on any atom is 0.230 e. The summed E-state index contributed by atoms with van der Waals surface area (Å²) in [5.74, 6) is 0.376. The van der Waals surface area contributed by atoms with Crippen molar-refractivity contribution in [2.45, 2.75) is 31.0 Å². The van der Waals surface area contributed by atoms with Crippen LogP contribution in [0.1, 0.15) is 23.1 Å². The normalized spacial score (nSPS) is 10.6. The predicted molar refractivity (Wildman–Crippen MR) is 118 cm³/mol. The van der Waals surface area contributed by atoms with Crippen LogP contribution in [0.25, 0.3) is 0 Å². The first-order valence-electron chi connectivity index (χ1n) is 9.21. The largest absolute Gasteiger partial charge is 0.355 e. The van der Waals surface area contributed by atoms with Crippen molar-refractivity contribution in [3.8, 4) is 0 Å². The van der Waals surface area contributed by atoms with Crippen LogP contribution in [-0.2, 0) is 11.2 Å². The monoisotopic (exact) mass is 412 g/mol. The van der Waals surface area contributed by atoms with Crippen LogP contribution in [0.15, 0.2) is 52.9 Å². The zero-order valence-corrected chi connectivity index (χ0v) is 17.7. The molecule has 3 rings (SSSR count). The first kappa shape index (κ1) is 20.4. The predicted octanol–water partition coefficient (Wildman–Crippen LogP) is 4.74. The number of aryl methyl sites for hydroxylation is 3. The van der Waals surface area contributed by atoms with Crippen molar-refractivity contribution in [3.63, 3.8) is 0 Å². The number of hydrogen-bond donors (Lipinski definition) is 2. The number of carbonyl (C=O) groups excluding carboxylic acids is 1. The van der Waals surface area contributed by atoms with Gasteiger partial charge in [0.2, 0.25) is 11.0 Å². The summed E-state index contributed by atoms with van der Waals surface area (Å²) in [5.41, 5.74) is 4.78. The van der Waals surface area contributed by atoms with E-state index in [0.29, 0.717) is 12.3 Å². The Kier molecular flexibility index (Phi) is 7.45. The Balaban J connectivity index is 1.37. The van der Waals surface area contributed by atoms with E-state index in [0.717, 1.165) is 28.0 Å². The van der Waals surface area contributed by atoms with E-state index < -0.39 is 0 Å². The quantitative estimate of drug-likeness (QED) is 0.392. The van der Waals surface area contributed by atoms with E-state index in [1.54, 1.807) is 0 Å². The lowest BCUT2D eigenvalue weighted by Crippen LogP contribution is -2.26. The average Bonchev–Trinajstić information content (AvgIpc) is 3.15. The number of rotatable bonds is 9. The summed E-state index contributed by atoms with van der Waals surface area (Å²) in [6, 6.07) is 16.5. The van der Waals surface area contributed by atoms with Crippen LogP contribution < -0.4 is 10.6 Å². The summed E-state index contributed by atoms with van der Waals surface area (Å²) in [6.45, 7) is 4.86. The first-order chi connectivity index (χ1) is 13.6. The Labute approximate surface area is 174 Å². The molecule has 0 aliphatic heterocycles. The lowest BCUT2D eigenvalue weighted by molar-refractivity contribution is -0.118. The SMILES string of the molecule is Cc1ccc(Nc2nnc(SCC(=O)NCCCc3ccccc3)s2)cc1C. The summed E-state index contributed by atoms with van der Waals surface area (Å²) in [7, 11) is 0. The maximum absolute atomic E-state index is 12.0. The molecule has 0 aliphatic rings. The summed E-state index contributed by atoms with van der Waals surface area (Å²) in [6.07, 6.45) is 1.90. The summed E-state index contributed by atoms with van der Waals surface area (Å²) in [5, 5.41) is 15.3. The molecule has 1 aromatic heterocycles. The van der Waals surface area contributed by atoms with Crippen molar-refractivity contribution in [1.29, 1.82) is 0 Å². The van der Waals surface area contributed by atoms with Crippen LogP contribution in [0.3, 0.4) is 0 Å². The van der Waals surface area contributed by atoms with Gasteiger partial charge in [-0.2, -0.15) is 0 Å². The van der Waals surface area contributed by atoms with Gasteiger partial charge in [0.1, 0.15) is 0 Å². The van der Waals surface area contributed by atoms with Crippen molar-refractivity contribution in [2.75, 3.05) is 17.6 Å². The van der Waals surface area contributed by atoms with Crippen molar-refractivity contribution < 1.29 is 4.79 Å². The van der Waals surface area contributed by atoms with E-state index in [1.165, 1.54) is 39.8 Å².